The van der Waals surface area contributed by atoms with Crippen LogP contribution in [-0.4, -0.2) is 54.0 Å². The summed E-state index contributed by atoms with van der Waals surface area (Å²) in [5.41, 5.74) is 0.983. The minimum atomic E-state index is -0.296. The van der Waals surface area contributed by atoms with Gasteiger partial charge in [0.1, 0.15) is 0 Å². The third-order valence-corrected chi connectivity index (χ3v) is 3.89. The first-order valence-electron chi connectivity index (χ1n) is 6.95. The average Bonchev–Trinajstić information content (AvgIpc) is 2.77. The molecule has 0 radical (unpaired) electrons. The summed E-state index contributed by atoms with van der Waals surface area (Å²) in [5, 5.41) is 0. The molecule has 2 heterocycles. The van der Waals surface area contributed by atoms with E-state index in [1.54, 1.807) is 0 Å². The molecule has 106 valence electrons. The van der Waals surface area contributed by atoms with Gasteiger partial charge in [-0.3, -0.25) is 19.4 Å². The molecule has 1 unspecified atom stereocenters. The Morgan fingerprint density at radius 3 is 2.50 bits per heavy atom. The van der Waals surface area contributed by atoms with Gasteiger partial charge in [0.05, 0.1) is 32.2 Å². The van der Waals surface area contributed by atoms with Crippen LogP contribution < -0.4 is 0 Å². The fraction of sp³-hybridized carbons (Fsp3) is 0.467. The molecule has 0 spiro atoms. The Labute approximate surface area is 118 Å². The zero-order chi connectivity index (χ0) is 13.9. The minimum absolute atomic E-state index is 0.0687. The van der Waals surface area contributed by atoms with Crippen molar-refractivity contribution in [3.63, 3.8) is 0 Å². The molecule has 3 rings (SSSR count). The van der Waals surface area contributed by atoms with Crippen LogP contribution in [0.25, 0.3) is 0 Å². The zero-order valence-corrected chi connectivity index (χ0v) is 11.3. The van der Waals surface area contributed by atoms with Gasteiger partial charge in [0, 0.05) is 13.1 Å². The van der Waals surface area contributed by atoms with Crippen LogP contribution >= 0.6 is 0 Å². The van der Waals surface area contributed by atoms with Crippen molar-refractivity contribution in [2.45, 2.75) is 19.0 Å². The molecular formula is C15H18N2O3. The summed E-state index contributed by atoms with van der Waals surface area (Å²) in [5.74, 6) is -0.143. The van der Waals surface area contributed by atoms with Crippen LogP contribution in [0.5, 0.6) is 0 Å². The molecule has 0 aromatic heterocycles. The Balaban J connectivity index is 1.70. The second kappa shape index (κ2) is 5.73. The normalized spacial score (nSPS) is 24.4. The van der Waals surface area contributed by atoms with Crippen molar-refractivity contribution in [3.8, 4) is 0 Å². The van der Waals surface area contributed by atoms with Crippen molar-refractivity contribution in [1.82, 2.24) is 9.80 Å². The SMILES string of the molecule is O=C1CC(N2CCOCC2)C(=O)N1Cc1ccccc1. The van der Waals surface area contributed by atoms with E-state index in [4.69, 9.17) is 4.74 Å². The third-order valence-electron chi connectivity index (χ3n) is 3.89. The highest BCUT2D eigenvalue weighted by molar-refractivity contribution is 6.05. The van der Waals surface area contributed by atoms with Crippen LogP contribution in [0, 0.1) is 0 Å². The highest BCUT2D eigenvalue weighted by atomic mass is 16.5. The Bertz CT molecular complexity index is 497. The van der Waals surface area contributed by atoms with Gasteiger partial charge in [0.25, 0.3) is 0 Å². The van der Waals surface area contributed by atoms with E-state index in [9.17, 15) is 9.59 Å². The Hall–Kier alpha value is -1.72. The summed E-state index contributed by atoms with van der Waals surface area (Å²) < 4.78 is 5.29. The van der Waals surface area contributed by atoms with E-state index in [0.717, 1.165) is 18.7 Å². The van der Waals surface area contributed by atoms with Gasteiger partial charge in [0.2, 0.25) is 11.8 Å². The summed E-state index contributed by atoms with van der Waals surface area (Å²) >= 11 is 0. The summed E-state index contributed by atoms with van der Waals surface area (Å²) in [7, 11) is 0. The maximum absolute atomic E-state index is 12.4. The van der Waals surface area contributed by atoms with Crippen molar-refractivity contribution >= 4 is 11.8 Å². The van der Waals surface area contributed by atoms with Crippen molar-refractivity contribution in [1.29, 1.82) is 0 Å². The number of morpholine rings is 1. The fourth-order valence-electron chi connectivity index (χ4n) is 2.77. The summed E-state index contributed by atoms with van der Waals surface area (Å²) in [6.07, 6.45) is 0.297. The number of likely N-dealkylation sites (tertiary alicyclic amines) is 1. The molecular weight excluding hydrogens is 256 g/mol. The van der Waals surface area contributed by atoms with E-state index >= 15 is 0 Å². The quantitative estimate of drug-likeness (QED) is 0.759. The number of carbonyl (C=O) groups is 2. The van der Waals surface area contributed by atoms with E-state index in [1.807, 2.05) is 30.3 Å². The first kappa shape index (κ1) is 13.3. The van der Waals surface area contributed by atoms with Crippen molar-refractivity contribution in [2.24, 2.45) is 0 Å². The number of benzene rings is 1. The van der Waals surface area contributed by atoms with Crippen LogP contribution in [0.1, 0.15) is 12.0 Å². The maximum Gasteiger partial charge on any atom is 0.247 e. The number of ether oxygens (including phenoxy) is 1. The van der Waals surface area contributed by atoms with Crippen LogP contribution in [0.2, 0.25) is 0 Å². The molecule has 0 saturated carbocycles. The van der Waals surface area contributed by atoms with Crippen LogP contribution in [-0.2, 0) is 20.9 Å². The molecule has 2 aliphatic heterocycles. The summed E-state index contributed by atoms with van der Waals surface area (Å²) in [6, 6.07) is 9.33. The van der Waals surface area contributed by atoms with Gasteiger partial charge in [-0.25, -0.2) is 0 Å². The minimum Gasteiger partial charge on any atom is -0.379 e. The molecule has 0 N–H and O–H groups in total. The lowest BCUT2D eigenvalue weighted by atomic mass is 10.2. The number of hydrogen-bond acceptors (Lipinski definition) is 4. The van der Waals surface area contributed by atoms with E-state index in [0.29, 0.717) is 26.2 Å². The van der Waals surface area contributed by atoms with Crippen LogP contribution in [0.15, 0.2) is 30.3 Å². The Morgan fingerprint density at radius 1 is 1.10 bits per heavy atom. The van der Waals surface area contributed by atoms with Gasteiger partial charge in [-0.15, -0.1) is 0 Å². The van der Waals surface area contributed by atoms with Crippen molar-refractivity contribution in [3.05, 3.63) is 35.9 Å². The molecule has 5 nitrogen and oxygen atoms in total. The van der Waals surface area contributed by atoms with Crippen molar-refractivity contribution < 1.29 is 14.3 Å². The molecule has 0 bridgehead atoms. The highest BCUT2D eigenvalue weighted by Crippen LogP contribution is 2.21. The van der Waals surface area contributed by atoms with Gasteiger partial charge in [-0.1, -0.05) is 30.3 Å². The molecule has 1 atom stereocenters. The standard InChI is InChI=1S/C15H18N2O3/c18-14-10-13(16-6-8-20-9-7-16)15(19)17(14)11-12-4-2-1-3-5-12/h1-5,13H,6-11H2. The fourth-order valence-corrected chi connectivity index (χ4v) is 2.77. The second-order valence-electron chi connectivity index (χ2n) is 5.17. The lowest BCUT2D eigenvalue weighted by molar-refractivity contribution is -0.140. The van der Waals surface area contributed by atoms with Gasteiger partial charge < -0.3 is 4.74 Å². The summed E-state index contributed by atoms with van der Waals surface area (Å²) in [4.78, 5) is 28.0. The molecule has 1 aromatic carbocycles. The smallest absolute Gasteiger partial charge is 0.247 e. The number of amides is 2. The third kappa shape index (κ3) is 2.59. The average molecular weight is 274 g/mol. The van der Waals surface area contributed by atoms with Crippen LogP contribution in [0.3, 0.4) is 0 Å². The van der Waals surface area contributed by atoms with Gasteiger partial charge in [-0.2, -0.15) is 0 Å². The Kier molecular flexibility index (Phi) is 3.80. The molecule has 5 heteroatoms. The molecule has 20 heavy (non-hydrogen) atoms. The maximum atomic E-state index is 12.4. The van der Waals surface area contributed by atoms with E-state index in [2.05, 4.69) is 4.90 Å². The summed E-state index contributed by atoms with van der Waals surface area (Å²) in [6.45, 7) is 3.10. The number of hydrogen-bond donors (Lipinski definition) is 0. The molecule has 0 aliphatic carbocycles. The predicted molar refractivity (Wildman–Crippen MR) is 72.8 cm³/mol. The lowest BCUT2D eigenvalue weighted by Crippen LogP contribution is -2.47. The second-order valence-corrected chi connectivity index (χ2v) is 5.17. The number of rotatable bonds is 3. The first-order chi connectivity index (χ1) is 9.75. The monoisotopic (exact) mass is 274 g/mol. The zero-order valence-electron chi connectivity index (χ0n) is 11.3. The number of nitrogens with zero attached hydrogens (tertiary/aromatic N) is 2. The van der Waals surface area contributed by atoms with Crippen LogP contribution in [0.4, 0.5) is 0 Å². The largest absolute Gasteiger partial charge is 0.379 e. The molecule has 1 aromatic rings. The molecule has 2 aliphatic rings. The molecule has 2 fully saturated rings. The topological polar surface area (TPSA) is 49.9 Å². The van der Waals surface area contributed by atoms with E-state index < -0.39 is 0 Å². The van der Waals surface area contributed by atoms with Gasteiger partial charge >= 0.3 is 0 Å². The number of carbonyl (C=O) groups excluding carboxylic acids is 2. The molecule has 2 saturated heterocycles. The highest BCUT2D eigenvalue weighted by Gasteiger charge is 2.41. The first-order valence-corrected chi connectivity index (χ1v) is 6.95. The molecule has 2 amide bonds. The van der Waals surface area contributed by atoms with Gasteiger partial charge in [0.15, 0.2) is 0 Å². The predicted octanol–water partition coefficient (Wildman–Crippen LogP) is 0.646. The van der Waals surface area contributed by atoms with E-state index in [1.165, 1.54) is 4.90 Å². The van der Waals surface area contributed by atoms with Gasteiger partial charge in [-0.05, 0) is 5.56 Å². The van der Waals surface area contributed by atoms with E-state index in [-0.39, 0.29) is 17.9 Å². The number of imide groups is 1. The van der Waals surface area contributed by atoms with Crippen molar-refractivity contribution in [2.75, 3.05) is 26.3 Å². The lowest BCUT2D eigenvalue weighted by Gasteiger charge is -2.30. The Morgan fingerprint density at radius 2 is 1.80 bits per heavy atom.